The molecule has 1 amide bonds. The second-order valence-electron chi connectivity index (χ2n) is 5.82. The molecule has 0 aliphatic carbocycles. The Kier molecular flexibility index (Phi) is 6.84. The fraction of sp³-hybridized carbons (Fsp3) is 0.158. The van der Waals surface area contributed by atoms with Crippen molar-refractivity contribution in [1.82, 2.24) is 4.90 Å². The van der Waals surface area contributed by atoms with Crippen molar-refractivity contribution in [2.75, 3.05) is 14.1 Å². The van der Waals surface area contributed by atoms with Crippen LogP contribution in [-0.4, -0.2) is 30.1 Å². The molecule has 1 fully saturated rings. The summed E-state index contributed by atoms with van der Waals surface area (Å²) in [4.78, 5) is 18.4. The maximum atomic E-state index is 12.3. The van der Waals surface area contributed by atoms with E-state index in [2.05, 4.69) is 4.99 Å². The Bertz CT molecular complexity index is 984. The van der Waals surface area contributed by atoms with E-state index in [0.717, 1.165) is 5.56 Å². The van der Waals surface area contributed by atoms with Gasteiger partial charge in [0.05, 0.1) is 15.0 Å². The molecule has 3 rings (SSSR count). The summed E-state index contributed by atoms with van der Waals surface area (Å²) in [5.41, 5.74) is 1.44. The Balaban J connectivity index is 1.81. The van der Waals surface area contributed by atoms with Crippen molar-refractivity contribution < 1.29 is 9.53 Å². The van der Waals surface area contributed by atoms with Gasteiger partial charge in [-0.05, 0) is 47.7 Å². The van der Waals surface area contributed by atoms with Crippen LogP contribution < -0.4 is 4.74 Å². The van der Waals surface area contributed by atoms with E-state index in [9.17, 15) is 4.79 Å². The first-order valence-electron chi connectivity index (χ1n) is 8.00. The molecule has 4 nitrogen and oxygen atoms in total. The lowest BCUT2D eigenvalue weighted by atomic mass is 10.2. The second-order valence-corrected chi connectivity index (χ2v) is 8.49. The molecule has 0 radical (unpaired) electrons. The molecule has 146 valence electrons. The Morgan fingerprint density at radius 3 is 2.36 bits per heavy atom. The minimum Gasteiger partial charge on any atom is -0.486 e. The van der Waals surface area contributed by atoms with Gasteiger partial charge in [0.25, 0.3) is 5.91 Å². The number of hydrogen-bond acceptors (Lipinski definition) is 4. The summed E-state index contributed by atoms with van der Waals surface area (Å²) in [6.45, 7) is 0.186. The number of thioether (sulfide) groups is 1. The molecule has 2 aromatic rings. The maximum absolute atomic E-state index is 12.3. The molecule has 0 unspecified atom stereocenters. The summed E-state index contributed by atoms with van der Waals surface area (Å²) >= 11 is 26.1. The Hall–Kier alpha value is -1.37. The van der Waals surface area contributed by atoms with Crippen LogP contribution in [0.15, 0.2) is 40.2 Å². The first-order chi connectivity index (χ1) is 13.3. The number of likely N-dealkylation sites (N-methyl/N-ethyl adjacent to an activating group) is 1. The van der Waals surface area contributed by atoms with Crippen LogP contribution in [0.5, 0.6) is 5.75 Å². The van der Waals surface area contributed by atoms with Crippen molar-refractivity contribution in [3.63, 3.8) is 0 Å². The highest BCUT2D eigenvalue weighted by Crippen LogP contribution is 2.38. The molecule has 0 spiro atoms. The molecule has 1 saturated heterocycles. The van der Waals surface area contributed by atoms with Crippen molar-refractivity contribution >= 4 is 75.3 Å². The van der Waals surface area contributed by atoms with E-state index in [0.29, 0.717) is 41.5 Å². The molecule has 9 heteroatoms. The van der Waals surface area contributed by atoms with Gasteiger partial charge in [-0.3, -0.25) is 14.7 Å². The first kappa shape index (κ1) is 21.3. The Labute approximate surface area is 187 Å². The number of nitrogens with zero attached hydrogens (tertiary/aromatic N) is 2. The standard InChI is InChI=1S/C19H14Cl4N2O2S/c1-24-19-25(2)18(26)16(28-19)7-10-5-14(22)17(15(23)6-10)27-9-11-3-4-12(20)8-13(11)21/h3-8H,9H2,1-2H3/b16-7-,24-19?. The lowest BCUT2D eigenvalue weighted by Gasteiger charge is -2.12. The molecule has 0 N–H and O–H groups in total. The SMILES string of the molecule is CN=C1S/C(=C\c2cc(Cl)c(OCc3ccc(Cl)cc3Cl)c(Cl)c2)C(=O)N1C. The van der Waals surface area contributed by atoms with E-state index in [4.69, 9.17) is 51.1 Å². The summed E-state index contributed by atoms with van der Waals surface area (Å²) in [5, 5.41) is 2.34. The minimum absolute atomic E-state index is 0.129. The monoisotopic (exact) mass is 474 g/mol. The van der Waals surface area contributed by atoms with Crippen LogP contribution in [0.25, 0.3) is 6.08 Å². The van der Waals surface area contributed by atoms with Crippen LogP contribution in [0, 0.1) is 0 Å². The third-order valence-electron chi connectivity index (χ3n) is 3.90. The van der Waals surface area contributed by atoms with Gasteiger partial charge < -0.3 is 4.74 Å². The van der Waals surface area contributed by atoms with Crippen LogP contribution in [-0.2, 0) is 11.4 Å². The highest BCUT2D eigenvalue weighted by molar-refractivity contribution is 8.18. The number of amides is 1. The average molecular weight is 476 g/mol. The number of hydrogen-bond donors (Lipinski definition) is 0. The molecule has 2 aromatic carbocycles. The molecular weight excluding hydrogens is 462 g/mol. The van der Waals surface area contributed by atoms with Gasteiger partial charge in [-0.2, -0.15) is 0 Å². The summed E-state index contributed by atoms with van der Waals surface area (Å²) in [5.74, 6) is 0.213. The number of halogens is 4. The largest absolute Gasteiger partial charge is 0.486 e. The zero-order valence-corrected chi connectivity index (χ0v) is 18.6. The van der Waals surface area contributed by atoms with Crippen LogP contribution in [0.4, 0.5) is 0 Å². The second kappa shape index (κ2) is 8.97. The van der Waals surface area contributed by atoms with Crippen molar-refractivity contribution in [2.45, 2.75) is 6.61 Å². The van der Waals surface area contributed by atoms with Crippen molar-refractivity contribution in [3.05, 3.63) is 66.5 Å². The van der Waals surface area contributed by atoms with Gasteiger partial charge in [-0.15, -0.1) is 0 Å². The predicted octanol–water partition coefficient (Wildman–Crippen LogP) is 6.41. The summed E-state index contributed by atoms with van der Waals surface area (Å²) < 4.78 is 5.76. The number of rotatable bonds is 4. The van der Waals surface area contributed by atoms with Gasteiger partial charge in [0.15, 0.2) is 10.9 Å². The van der Waals surface area contributed by atoms with E-state index >= 15 is 0 Å². The van der Waals surface area contributed by atoms with Crippen LogP contribution >= 0.6 is 58.2 Å². The number of ether oxygens (including phenoxy) is 1. The molecular formula is C19H14Cl4N2O2S. The Morgan fingerprint density at radius 2 is 1.79 bits per heavy atom. The molecule has 0 atom stereocenters. The molecule has 1 heterocycles. The first-order valence-corrected chi connectivity index (χ1v) is 10.3. The van der Waals surface area contributed by atoms with Gasteiger partial charge in [-0.1, -0.05) is 52.5 Å². The number of carbonyl (C=O) groups excluding carboxylic acids is 1. The normalized spacial score (nSPS) is 17.1. The van der Waals surface area contributed by atoms with Crippen molar-refractivity contribution in [2.24, 2.45) is 4.99 Å². The number of amidine groups is 1. The summed E-state index contributed by atoms with van der Waals surface area (Å²) in [7, 11) is 3.32. The lowest BCUT2D eigenvalue weighted by molar-refractivity contribution is -0.121. The molecule has 0 bridgehead atoms. The van der Waals surface area contributed by atoms with Gasteiger partial charge in [0.1, 0.15) is 6.61 Å². The topological polar surface area (TPSA) is 41.9 Å². The minimum atomic E-state index is -0.129. The van der Waals surface area contributed by atoms with E-state index < -0.39 is 0 Å². The van der Waals surface area contributed by atoms with E-state index in [1.807, 2.05) is 0 Å². The Morgan fingerprint density at radius 1 is 1.11 bits per heavy atom. The summed E-state index contributed by atoms with van der Waals surface area (Å²) in [6.07, 6.45) is 1.72. The number of carbonyl (C=O) groups is 1. The van der Waals surface area contributed by atoms with Crippen molar-refractivity contribution in [3.8, 4) is 5.75 Å². The quantitative estimate of drug-likeness (QED) is 0.479. The van der Waals surface area contributed by atoms with E-state index in [-0.39, 0.29) is 12.5 Å². The van der Waals surface area contributed by atoms with Crippen LogP contribution in [0.2, 0.25) is 20.1 Å². The van der Waals surface area contributed by atoms with Gasteiger partial charge in [0.2, 0.25) is 0 Å². The fourth-order valence-corrected chi connectivity index (χ4v) is 4.49. The fourth-order valence-electron chi connectivity index (χ4n) is 2.49. The summed E-state index contributed by atoms with van der Waals surface area (Å²) in [6, 6.07) is 8.52. The highest BCUT2D eigenvalue weighted by atomic mass is 35.5. The van der Waals surface area contributed by atoms with Gasteiger partial charge in [-0.25, -0.2) is 0 Å². The van der Waals surface area contributed by atoms with E-state index in [1.54, 1.807) is 50.5 Å². The van der Waals surface area contributed by atoms with Crippen LogP contribution in [0.3, 0.4) is 0 Å². The third-order valence-corrected chi connectivity index (χ3v) is 6.20. The number of benzene rings is 2. The van der Waals surface area contributed by atoms with E-state index in [1.165, 1.54) is 16.7 Å². The van der Waals surface area contributed by atoms with Crippen molar-refractivity contribution in [1.29, 1.82) is 0 Å². The molecule has 0 aromatic heterocycles. The van der Waals surface area contributed by atoms with Gasteiger partial charge >= 0.3 is 0 Å². The zero-order chi connectivity index (χ0) is 20.4. The molecule has 1 aliphatic heterocycles. The van der Waals surface area contributed by atoms with Gasteiger partial charge in [0, 0.05) is 29.7 Å². The smallest absolute Gasteiger partial charge is 0.266 e. The maximum Gasteiger partial charge on any atom is 0.266 e. The molecule has 28 heavy (non-hydrogen) atoms. The molecule has 0 saturated carbocycles. The molecule has 1 aliphatic rings. The predicted molar refractivity (Wildman–Crippen MR) is 119 cm³/mol. The number of aliphatic imine (C=N–C) groups is 1. The average Bonchev–Trinajstić information content (AvgIpc) is 2.90. The van der Waals surface area contributed by atoms with Crippen LogP contribution in [0.1, 0.15) is 11.1 Å². The zero-order valence-electron chi connectivity index (χ0n) is 14.8. The highest BCUT2D eigenvalue weighted by Gasteiger charge is 2.29. The third kappa shape index (κ3) is 4.61. The lowest BCUT2D eigenvalue weighted by Crippen LogP contribution is -2.23.